The van der Waals surface area contributed by atoms with Crippen LogP contribution < -0.4 is 10.2 Å². The van der Waals surface area contributed by atoms with Crippen molar-refractivity contribution in [3.63, 3.8) is 0 Å². The molecule has 0 bridgehead atoms. The lowest BCUT2D eigenvalue weighted by molar-refractivity contribution is 0.263. The highest BCUT2D eigenvalue weighted by atomic mass is 79.9. The van der Waals surface area contributed by atoms with E-state index in [1.165, 1.54) is 10.2 Å². The molecule has 1 heterocycles. The Morgan fingerprint density at radius 2 is 1.59 bits per heavy atom. The minimum atomic E-state index is 0.117. The van der Waals surface area contributed by atoms with E-state index in [0.717, 1.165) is 13.1 Å². The van der Waals surface area contributed by atoms with Crippen LogP contribution in [-0.2, 0) is 0 Å². The van der Waals surface area contributed by atoms with Gasteiger partial charge in [0.25, 0.3) is 0 Å². The summed E-state index contributed by atoms with van der Waals surface area (Å²) in [6.45, 7) is 11.2. The maximum atomic E-state index is 3.67. The van der Waals surface area contributed by atoms with Crippen LogP contribution in [0.4, 0.5) is 5.69 Å². The van der Waals surface area contributed by atoms with Gasteiger partial charge in [-0.3, -0.25) is 0 Å². The molecule has 2 rings (SSSR count). The molecule has 94 valence electrons. The molecular formula is C14H21BrN2. The molecule has 0 atom stereocenters. The fraction of sp³-hybridized carbons (Fsp3) is 0.571. The fourth-order valence-corrected chi connectivity index (χ4v) is 3.40. The number of nitrogens with one attached hydrogen (secondary N) is 1. The summed E-state index contributed by atoms with van der Waals surface area (Å²) in [6.07, 6.45) is 0. The normalized spacial score (nSPS) is 22.5. The van der Waals surface area contributed by atoms with Crippen molar-refractivity contribution in [2.24, 2.45) is 0 Å². The first-order valence-corrected chi connectivity index (χ1v) is 6.89. The molecule has 1 aromatic rings. The van der Waals surface area contributed by atoms with E-state index in [1.54, 1.807) is 0 Å². The van der Waals surface area contributed by atoms with Gasteiger partial charge >= 0.3 is 0 Å². The van der Waals surface area contributed by atoms with E-state index in [1.807, 2.05) is 0 Å². The molecule has 1 fully saturated rings. The molecule has 1 aliphatic rings. The number of rotatable bonds is 1. The standard InChI is InChI=1S/C14H21BrN2/c1-13(2)9-16-10-14(3,4)17(13)12-8-6-5-7-11(12)15/h5-8,16H,9-10H2,1-4H3. The van der Waals surface area contributed by atoms with Crippen LogP contribution in [0.1, 0.15) is 27.7 Å². The molecule has 0 aromatic heterocycles. The molecule has 0 unspecified atom stereocenters. The summed E-state index contributed by atoms with van der Waals surface area (Å²) >= 11 is 3.67. The number of hydrogen-bond donors (Lipinski definition) is 1. The quantitative estimate of drug-likeness (QED) is 0.854. The summed E-state index contributed by atoms with van der Waals surface area (Å²) in [5, 5.41) is 3.53. The molecule has 1 N–H and O–H groups in total. The van der Waals surface area contributed by atoms with Gasteiger partial charge in [-0.1, -0.05) is 12.1 Å². The minimum Gasteiger partial charge on any atom is -0.358 e. The van der Waals surface area contributed by atoms with E-state index in [4.69, 9.17) is 0 Å². The predicted molar refractivity (Wildman–Crippen MR) is 77.6 cm³/mol. The van der Waals surface area contributed by atoms with Crippen molar-refractivity contribution >= 4 is 21.6 Å². The second-order valence-electron chi connectivity index (χ2n) is 6.02. The topological polar surface area (TPSA) is 15.3 Å². The zero-order valence-corrected chi connectivity index (χ0v) is 12.6. The van der Waals surface area contributed by atoms with Gasteiger partial charge < -0.3 is 10.2 Å². The van der Waals surface area contributed by atoms with Crippen molar-refractivity contribution in [3.8, 4) is 0 Å². The highest BCUT2D eigenvalue weighted by Crippen LogP contribution is 2.38. The van der Waals surface area contributed by atoms with Crippen molar-refractivity contribution in [1.29, 1.82) is 0 Å². The van der Waals surface area contributed by atoms with Gasteiger partial charge in [0.2, 0.25) is 0 Å². The van der Waals surface area contributed by atoms with Crippen molar-refractivity contribution in [2.45, 2.75) is 38.8 Å². The Labute approximate surface area is 113 Å². The van der Waals surface area contributed by atoms with Crippen LogP contribution in [-0.4, -0.2) is 24.2 Å². The lowest BCUT2D eigenvalue weighted by Gasteiger charge is -2.54. The van der Waals surface area contributed by atoms with Crippen molar-refractivity contribution < 1.29 is 0 Å². The van der Waals surface area contributed by atoms with Crippen molar-refractivity contribution in [3.05, 3.63) is 28.7 Å². The Morgan fingerprint density at radius 1 is 1.06 bits per heavy atom. The average Bonchev–Trinajstić information content (AvgIpc) is 2.18. The summed E-state index contributed by atoms with van der Waals surface area (Å²) in [4.78, 5) is 2.53. The second-order valence-corrected chi connectivity index (χ2v) is 6.87. The Kier molecular flexibility index (Phi) is 3.25. The van der Waals surface area contributed by atoms with E-state index in [-0.39, 0.29) is 11.1 Å². The van der Waals surface area contributed by atoms with Gasteiger partial charge in [0.1, 0.15) is 0 Å². The molecule has 3 heteroatoms. The minimum absolute atomic E-state index is 0.117. The number of piperazine rings is 1. The van der Waals surface area contributed by atoms with Crippen LogP contribution in [0.3, 0.4) is 0 Å². The van der Waals surface area contributed by atoms with E-state index >= 15 is 0 Å². The average molecular weight is 297 g/mol. The van der Waals surface area contributed by atoms with Gasteiger partial charge in [0.15, 0.2) is 0 Å². The summed E-state index contributed by atoms with van der Waals surface area (Å²) in [5.74, 6) is 0. The Hall–Kier alpha value is -0.540. The number of para-hydroxylation sites is 1. The van der Waals surface area contributed by atoms with E-state index in [9.17, 15) is 0 Å². The van der Waals surface area contributed by atoms with Gasteiger partial charge in [-0.2, -0.15) is 0 Å². The first kappa shape index (κ1) is 12.9. The number of anilines is 1. The maximum Gasteiger partial charge on any atom is 0.0520 e. The predicted octanol–water partition coefficient (Wildman–Crippen LogP) is 3.42. The van der Waals surface area contributed by atoms with Crippen LogP contribution in [0.2, 0.25) is 0 Å². The van der Waals surface area contributed by atoms with Gasteiger partial charge in [0.05, 0.1) is 5.69 Å². The molecule has 0 saturated carbocycles. The Morgan fingerprint density at radius 3 is 2.12 bits per heavy atom. The van der Waals surface area contributed by atoms with Gasteiger partial charge in [0, 0.05) is 28.6 Å². The lowest BCUT2D eigenvalue weighted by Crippen LogP contribution is -2.68. The van der Waals surface area contributed by atoms with Crippen LogP contribution in [0, 0.1) is 0 Å². The number of halogens is 1. The lowest BCUT2D eigenvalue weighted by atomic mass is 9.88. The van der Waals surface area contributed by atoms with Crippen molar-refractivity contribution in [1.82, 2.24) is 5.32 Å². The fourth-order valence-electron chi connectivity index (χ4n) is 2.94. The molecular weight excluding hydrogens is 276 g/mol. The molecule has 0 amide bonds. The molecule has 1 saturated heterocycles. The summed E-state index contributed by atoms with van der Waals surface area (Å²) in [7, 11) is 0. The Balaban J connectivity index is 2.49. The molecule has 1 aromatic carbocycles. The highest BCUT2D eigenvalue weighted by molar-refractivity contribution is 9.10. The van der Waals surface area contributed by atoms with E-state index in [2.05, 4.69) is 78.1 Å². The van der Waals surface area contributed by atoms with Crippen LogP contribution in [0.15, 0.2) is 28.7 Å². The number of benzene rings is 1. The smallest absolute Gasteiger partial charge is 0.0520 e. The SMILES string of the molecule is CC1(C)CNCC(C)(C)N1c1ccccc1Br. The van der Waals surface area contributed by atoms with Crippen LogP contribution in [0.5, 0.6) is 0 Å². The zero-order chi connectivity index (χ0) is 12.7. The third-order valence-corrected chi connectivity index (χ3v) is 4.09. The molecule has 17 heavy (non-hydrogen) atoms. The second kappa shape index (κ2) is 4.29. The van der Waals surface area contributed by atoms with E-state index < -0.39 is 0 Å². The molecule has 1 aliphatic heterocycles. The highest BCUT2D eigenvalue weighted by Gasteiger charge is 2.41. The monoisotopic (exact) mass is 296 g/mol. The van der Waals surface area contributed by atoms with Crippen LogP contribution in [0.25, 0.3) is 0 Å². The van der Waals surface area contributed by atoms with Gasteiger partial charge in [-0.05, 0) is 55.8 Å². The number of hydrogen-bond acceptors (Lipinski definition) is 2. The third-order valence-electron chi connectivity index (χ3n) is 3.42. The molecule has 0 spiro atoms. The largest absolute Gasteiger partial charge is 0.358 e. The third kappa shape index (κ3) is 2.36. The summed E-state index contributed by atoms with van der Waals surface area (Å²) in [6, 6.07) is 8.48. The van der Waals surface area contributed by atoms with E-state index in [0.29, 0.717) is 0 Å². The molecule has 2 nitrogen and oxygen atoms in total. The van der Waals surface area contributed by atoms with Crippen molar-refractivity contribution in [2.75, 3.05) is 18.0 Å². The number of nitrogens with zero attached hydrogens (tertiary/aromatic N) is 1. The summed E-state index contributed by atoms with van der Waals surface area (Å²) in [5.41, 5.74) is 1.51. The molecule has 0 radical (unpaired) electrons. The maximum absolute atomic E-state index is 3.67. The molecule has 0 aliphatic carbocycles. The van der Waals surface area contributed by atoms with Gasteiger partial charge in [-0.15, -0.1) is 0 Å². The van der Waals surface area contributed by atoms with Gasteiger partial charge in [-0.25, -0.2) is 0 Å². The van der Waals surface area contributed by atoms with Crippen LogP contribution >= 0.6 is 15.9 Å². The first-order valence-electron chi connectivity index (χ1n) is 6.10. The zero-order valence-electron chi connectivity index (χ0n) is 11.0. The Bertz CT molecular complexity index is 396. The first-order chi connectivity index (χ1) is 7.84. The summed E-state index contributed by atoms with van der Waals surface area (Å²) < 4.78 is 1.17.